The summed E-state index contributed by atoms with van der Waals surface area (Å²) in [6.45, 7) is 1.88. The van der Waals surface area contributed by atoms with Gasteiger partial charge in [-0.25, -0.2) is 9.50 Å². The molecule has 1 amide bonds. The van der Waals surface area contributed by atoms with Crippen molar-refractivity contribution in [1.29, 1.82) is 0 Å². The van der Waals surface area contributed by atoms with E-state index < -0.39 is 0 Å². The summed E-state index contributed by atoms with van der Waals surface area (Å²) in [7, 11) is 0. The average molecular weight is 353 g/mol. The lowest BCUT2D eigenvalue weighted by atomic mass is 9.88. The van der Waals surface area contributed by atoms with E-state index in [2.05, 4.69) is 38.6 Å². The number of benzene rings is 1. The van der Waals surface area contributed by atoms with Crippen LogP contribution in [-0.4, -0.2) is 30.7 Å². The van der Waals surface area contributed by atoms with Gasteiger partial charge in [0.15, 0.2) is 0 Å². The molecule has 2 aromatic heterocycles. The largest absolute Gasteiger partial charge is 0.348 e. The molecule has 6 nitrogen and oxygen atoms in total. The molecule has 128 valence electrons. The number of hydrogen-bond acceptors (Lipinski definition) is 5. The number of nitrogens with zero attached hydrogens (tertiary/aromatic N) is 4. The Morgan fingerprint density at radius 2 is 2.24 bits per heavy atom. The second-order valence-electron chi connectivity index (χ2n) is 6.17. The molecular formula is C18H19N5OS. The molecule has 0 radical (unpaired) electrons. The van der Waals surface area contributed by atoms with Gasteiger partial charge in [-0.15, -0.1) is 5.10 Å². The second-order valence-corrected chi connectivity index (χ2v) is 7.48. The zero-order chi connectivity index (χ0) is 17.2. The van der Waals surface area contributed by atoms with E-state index in [0.717, 1.165) is 19.3 Å². The fraction of sp³-hybridized carbons (Fsp3) is 0.333. The van der Waals surface area contributed by atoms with Crippen molar-refractivity contribution in [3.8, 4) is 0 Å². The van der Waals surface area contributed by atoms with Gasteiger partial charge in [0.05, 0.1) is 11.3 Å². The SMILES string of the molecule is CC(Sc1nc2ncccn2n1)C(=O)NC1CCCc2ccccc21. The van der Waals surface area contributed by atoms with E-state index in [9.17, 15) is 4.79 Å². The van der Waals surface area contributed by atoms with Gasteiger partial charge in [-0.1, -0.05) is 36.0 Å². The van der Waals surface area contributed by atoms with E-state index in [4.69, 9.17) is 0 Å². The summed E-state index contributed by atoms with van der Waals surface area (Å²) in [5.74, 6) is 0.553. The maximum absolute atomic E-state index is 12.6. The number of thioether (sulfide) groups is 1. The van der Waals surface area contributed by atoms with Crippen LogP contribution in [0.4, 0.5) is 0 Å². The molecule has 0 bridgehead atoms. The van der Waals surface area contributed by atoms with Gasteiger partial charge in [-0.3, -0.25) is 4.79 Å². The van der Waals surface area contributed by atoms with E-state index >= 15 is 0 Å². The van der Waals surface area contributed by atoms with Gasteiger partial charge in [-0.2, -0.15) is 4.98 Å². The molecule has 2 heterocycles. The topological polar surface area (TPSA) is 72.2 Å². The lowest BCUT2D eigenvalue weighted by molar-refractivity contribution is -0.121. The minimum atomic E-state index is -0.272. The third-order valence-electron chi connectivity index (χ3n) is 4.43. The molecule has 2 unspecified atom stereocenters. The Hall–Kier alpha value is -2.41. The van der Waals surface area contributed by atoms with Gasteiger partial charge in [-0.05, 0) is 43.4 Å². The van der Waals surface area contributed by atoms with Crippen LogP contribution in [0.3, 0.4) is 0 Å². The Morgan fingerprint density at radius 1 is 1.36 bits per heavy atom. The molecule has 1 N–H and O–H groups in total. The maximum Gasteiger partial charge on any atom is 0.253 e. The van der Waals surface area contributed by atoms with Gasteiger partial charge in [0, 0.05) is 12.4 Å². The van der Waals surface area contributed by atoms with E-state index in [-0.39, 0.29) is 17.2 Å². The molecule has 7 heteroatoms. The van der Waals surface area contributed by atoms with E-state index in [0.29, 0.717) is 10.9 Å². The van der Waals surface area contributed by atoms with Crippen LogP contribution in [0.25, 0.3) is 5.78 Å². The lowest BCUT2D eigenvalue weighted by Gasteiger charge is -2.27. The van der Waals surface area contributed by atoms with Crippen molar-refractivity contribution in [3.05, 3.63) is 53.9 Å². The van der Waals surface area contributed by atoms with Gasteiger partial charge >= 0.3 is 0 Å². The molecule has 3 aromatic rings. The summed E-state index contributed by atoms with van der Waals surface area (Å²) in [4.78, 5) is 21.1. The molecule has 0 fully saturated rings. The molecular weight excluding hydrogens is 334 g/mol. The first-order chi connectivity index (χ1) is 12.2. The van der Waals surface area contributed by atoms with Crippen LogP contribution in [-0.2, 0) is 11.2 Å². The van der Waals surface area contributed by atoms with E-state index in [1.807, 2.05) is 13.0 Å². The molecule has 0 spiro atoms. The Kier molecular flexibility index (Phi) is 4.40. The van der Waals surface area contributed by atoms with Crippen molar-refractivity contribution in [2.24, 2.45) is 0 Å². The minimum absolute atomic E-state index is 0.0125. The van der Waals surface area contributed by atoms with Crippen molar-refractivity contribution in [3.63, 3.8) is 0 Å². The summed E-state index contributed by atoms with van der Waals surface area (Å²) in [5, 5.41) is 7.82. The highest BCUT2D eigenvalue weighted by Crippen LogP contribution is 2.30. The van der Waals surface area contributed by atoms with Crippen LogP contribution < -0.4 is 5.32 Å². The summed E-state index contributed by atoms with van der Waals surface area (Å²) in [5.41, 5.74) is 2.59. The number of rotatable bonds is 4. The highest BCUT2D eigenvalue weighted by atomic mass is 32.2. The van der Waals surface area contributed by atoms with Gasteiger partial charge in [0.2, 0.25) is 11.1 Å². The van der Waals surface area contributed by atoms with Gasteiger partial charge < -0.3 is 5.32 Å². The number of carbonyl (C=O) groups is 1. The van der Waals surface area contributed by atoms with Crippen molar-refractivity contribution >= 4 is 23.4 Å². The predicted octanol–water partition coefficient (Wildman–Crippen LogP) is 2.80. The van der Waals surface area contributed by atoms with Crippen LogP contribution in [0.1, 0.15) is 36.9 Å². The number of carbonyl (C=O) groups excluding carboxylic acids is 1. The predicted molar refractivity (Wildman–Crippen MR) is 96.4 cm³/mol. The lowest BCUT2D eigenvalue weighted by Crippen LogP contribution is -2.35. The molecule has 1 aliphatic carbocycles. The van der Waals surface area contributed by atoms with Crippen LogP contribution >= 0.6 is 11.8 Å². The first-order valence-corrected chi connectivity index (χ1v) is 9.31. The second kappa shape index (κ2) is 6.84. The third-order valence-corrected chi connectivity index (χ3v) is 5.39. The monoisotopic (exact) mass is 353 g/mol. The Bertz CT molecular complexity index is 876. The molecule has 0 saturated carbocycles. The van der Waals surface area contributed by atoms with Crippen molar-refractivity contribution < 1.29 is 4.79 Å². The summed E-state index contributed by atoms with van der Waals surface area (Å²) < 4.78 is 1.62. The van der Waals surface area contributed by atoms with Crippen molar-refractivity contribution in [1.82, 2.24) is 24.9 Å². The van der Waals surface area contributed by atoms with Crippen LogP contribution in [0, 0.1) is 0 Å². The zero-order valence-corrected chi connectivity index (χ0v) is 14.7. The van der Waals surface area contributed by atoms with Crippen molar-refractivity contribution in [2.75, 3.05) is 0 Å². The van der Waals surface area contributed by atoms with Crippen LogP contribution in [0.15, 0.2) is 47.9 Å². The highest BCUT2D eigenvalue weighted by molar-refractivity contribution is 8.00. The normalized spacial score (nSPS) is 17.9. The number of hydrogen-bond donors (Lipinski definition) is 1. The number of fused-ring (bicyclic) bond motifs is 2. The molecule has 0 saturated heterocycles. The molecule has 1 aromatic carbocycles. The molecule has 2 atom stereocenters. The van der Waals surface area contributed by atoms with Crippen LogP contribution in [0.2, 0.25) is 0 Å². The minimum Gasteiger partial charge on any atom is -0.348 e. The molecule has 4 rings (SSSR count). The summed E-state index contributed by atoms with van der Waals surface area (Å²) >= 11 is 1.35. The first kappa shape index (κ1) is 16.1. The number of aryl methyl sites for hydroxylation is 1. The van der Waals surface area contributed by atoms with E-state index in [1.165, 1.54) is 22.9 Å². The molecule has 25 heavy (non-hydrogen) atoms. The van der Waals surface area contributed by atoms with Crippen LogP contribution in [0.5, 0.6) is 0 Å². The average Bonchev–Trinajstić information content (AvgIpc) is 3.04. The first-order valence-electron chi connectivity index (χ1n) is 8.43. The number of amides is 1. The smallest absolute Gasteiger partial charge is 0.253 e. The van der Waals surface area contributed by atoms with Gasteiger partial charge in [0.1, 0.15) is 0 Å². The zero-order valence-electron chi connectivity index (χ0n) is 13.9. The van der Waals surface area contributed by atoms with Crippen molar-refractivity contribution in [2.45, 2.75) is 42.6 Å². The fourth-order valence-electron chi connectivity index (χ4n) is 3.17. The Balaban J connectivity index is 1.44. The third kappa shape index (κ3) is 3.37. The summed E-state index contributed by atoms with van der Waals surface area (Å²) in [6.07, 6.45) is 6.64. The quantitative estimate of drug-likeness (QED) is 0.730. The highest BCUT2D eigenvalue weighted by Gasteiger charge is 2.24. The Morgan fingerprint density at radius 3 is 3.12 bits per heavy atom. The molecule has 0 aliphatic heterocycles. The summed E-state index contributed by atoms with van der Waals surface area (Å²) in [6, 6.07) is 10.3. The molecule has 1 aliphatic rings. The Labute approximate surface area is 150 Å². The number of nitrogens with one attached hydrogen (secondary N) is 1. The fourth-order valence-corrected chi connectivity index (χ4v) is 3.93. The number of aromatic nitrogens is 4. The maximum atomic E-state index is 12.6. The van der Waals surface area contributed by atoms with Gasteiger partial charge in [0.25, 0.3) is 5.78 Å². The van der Waals surface area contributed by atoms with E-state index in [1.54, 1.807) is 23.0 Å². The standard InChI is InChI=1S/C18H19N5OS/c1-12(25-18-21-17-19-10-5-11-23(17)22-18)16(24)20-15-9-4-7-13-6-2-3-8-14(13)15/h2-3,5-6,8,10-12,15H,4,7,9H2,1H3,(H,20,24).